The molecule has 4 nitrogen and oxygen atoms in total. The molecule has 0 bridgehead atoms. The molecule has 3 heterocycles. The van der Waals surface area contributed by atoms with E-state index in [0.717, 1.165) is 78.6 Å². The summed E-state index contributed by atoms with van der Waals surface area (Å²) in [6.45, 7) is 1.97. The number of rotatable bonds is 8. The summed E-state index contributed by atoms with van der Waals surface area (Å²) in [6.07, 6.45) is 0. The standard InChI is InChI=1S/C67H46BN3O/c1-45-40-50(47-22-9-3-10-23-47)34-37-61(45)70-63-39-36-54(69(52-27-13-5-14-28-52)53-29-15-6-16-30-53)43-60(63)68-65-58(44-59-56-32-17-18-33-64(56)72-67(59)66(65)70)57-42-51(48-24-11-4-12-25-48)35-38-62(57)71(68)55-31-19-26-49(41-55)46-20-7-2-8-21-46/h2-44H,1H3. The molecule has 14 rings (SSSR count). The van der Waals surface area contributed by atoms with Crippen molar-refractivity contribution in [1.29, 1.82) is 0 Å². The highest BCUT2D eigenvalue weighted by atomic mass is 16.3. The normalized spacial score (nSPS) is 12.4. The Balaban J connectivity index is 1.11. The lowest BCUT2D eigenvalue weighted by molar-refractivity contribution is 0.669. The second kappa shape index (κ2) is 17.0. The SMILES string of the molecule is Cc1cc(-c2ccccc2)ccc1N1c2ccc(N(c3ccccc3)c3ccccc3)cc2B2c3c(cc4c(oc5ccccc54)c31)-c1cc(-c3ccccc3)ccc1N2c1cccc(-c2ccccc2)c1. The minimum absolute atomic E-state index is 0.280. The third-order valence-corrected chi connectivity index (χ3v) is 14.7. The largest absolute Gasteiger partial charge is 0.454 e. The summed E-state index contributed by atoms with van der Waals surface area (Å²) in [5, 5.41) is 2.19. The number of benzene rings is 11. The van der Waals surface area contributed by atoms with Gasteiger partial charge in [-0.15, -0.1) is 0 Å². The molecule has 0 radical (unpaired) electrons. The molecule has 72 heavy (non-hydrogen) atoms. The van der Waals surface area contributed by atoms with Gasteiger partial charge in [-0.3, -0.25) is 0 Å². The van der Waals surface area contributed by atoms with E-state index < -0.39 is 0 Å². The molecule has 0 unspecified atom stereocenters. The molecule has 5 heteroatoms. The van der Waals surface area contributed by atoms with Crippen molar-refractivity contribution in [3.05, 3.63) is 266 Å². The topological polar surface area (TPSA) is 22.9 Å². The van der Waals surface area contributed by atoms with Gasteiger partial charge in [0.2, 0.25) is 0 Å². The van der Waals surface area contributed by atoms with E-state index >= 15 is 0 Å². The van der Waals surface area contributed by atoms with E-state index in [1.807, 2.05) is 0 Å². The first-order chi connectivity index (χ1) is 35.6. The quantitative estimate of drug-likeness (QED) is 0.142. The highest BCUT2D eigenvalue weighted by molar-refractivity contribution is 6.94. The first-order valence-electron chi connectivity index (χ1n) is 24.8. The van der Waals surface area contributed by atoms with Crippen LogP contribution >= 0.6 is 0 Å². The van der Waals surface area contributed by atoms with Gasteiger partial charge in [0.1, 0.15) is 5.58 Å². The lowest BCUT2D eigenvalue weighted by Gasteiger charge is -2.46. The highest BCUT2D eigenvalue weighted by Gasteiger charge is 2.47. The van der Waals surface area contributed by atoms with Gasteiger partial charge >= 0.3 is 6.85 Å². The number of fused-ring (bicyclic) bond motifs is 8. The van der Waals surface area contributed by atoms with Crippen molar-refractivity contribution in [2.45, 2.75) is 6.92 Å². The van der Waals surface area contributed by atoms with Gasteiger partial charge in [-0.25, -0.2) is 0 Å². The van der Waals surface area contributed by atoms with Crippen LogP contribution in [0.4, 0.5) is 45.5 Å². The van der Waals surface area contributed by atoms with Crippen LogP contribution < -0.4 is 25.5 Å². The van der Waals surface area contributed by atoms with Crippen molar-refractivity contribution in [3.63, 3.8) is 0 Å². The van der Waals surface area contributed by atoms with Gasteiger partial charge in [0.25, 0.3) is 0 Å². The molecule has 0 aliphatic carbocycles. The molecule has 0 saturated carbocycles. The zero-order chi connectivity index (χ0) is 47.7. The van der Waals surface area contributed by atoms with Crippen molar-refractivity contribution < 1.29 is 4.42 Å². The summed E-state index contributed by atoms with van der Waals surface area (Å²) in [5.74, 6) is 0. The number of hydrogen-bond donors (Lipinski definition) is 0. The van der Waals surface area contributed by atoms with Crippen LogP contribution in [0.15, 0.2) is 265 Å². The second-order valence-corrected chi connectivity index (χ2v) is 18.9. The molecule has 0 spiro atoms. The number of para-hydroxylation sites is 3. The third kappa shape index (κ3) is 6.77. The van der Waals surface area contributed by atoms with Crippen LogP contribution in [0.2, 0.25) is 0 Å². The molecule has 0 N–H and O–H groups in total. The minimum atomic E-state index is -0.280. The number of nitrogens with zero attached hydrogens (tertiary/aromatic N) is 3. The zero-order valence-electron chi connectivity index (χ0n) is 39.7. The molecular formula is C67H46BN3O. The van der Waals surface area contributed by atoms with Crippen LogP contribution in [-0.2, 0) is 0 Å². The van der Waals surface area contributed by atoms with Crippen molar-refractivity contribution in [1.82, 2.24) is 0 Å². The minimum Gasteiger partial charge on any atom is -0.454 e. The fraction of sp³-hybridized carbons (Fsp3) is 0.0149. The smallest absolute Gasteiger partial charge is 0.333 e. The Kier molecular flexibility index (Phi) is 9.82. The van der Waals surface area contributed by atoms with E-state index in [0.29, 0.717) is 0 Å². The summed E-state index contributed by atoms with van der Waals surface area (Å²) in [5.41, 5.74) is 23.5. The maximum Gasteiger partial charge on any atom is 0.333 e. The number of aryl methyl sites for hydroxylation is 1. The highest BCUT2D eigenvalue weighted by Crippen LogP contribution is 2.52. The number of furan rings is 1. The average Bonchev–Trinajstić information content (AvgIpc) is 3.83. The van der Waals surface area contributed by atoms with Gasteiger partial charge in [-0.05, 0) is 153 Å². The van der Waals surface area contributed by atoms with E-state index in [1.165, 1.54) is 49.9 Å². The molecule has 12 aromatic rings. The summed E-state index contributed by atoms with van der Waals surface area (Å²) >= 11 is 0. The molecule has 1 aromatic heterocycles. The fourth-order valence-corrected chi connectivity index (χ4v) is 11.5. The molecule has 0 saturated heterocycles. The lowest BCUT2D eigenvalue weighted by atomic mass is 9.43. The Morgan fingerprint density at radius 2 is 0.931 bits per heavy atom. The average molecular weight is 920 g/mol. The van der Waals surface area contributed by atoms with E-state index in [2.05, 4.69) is 282 Å². The van der Waals surface area contributed by atoms with Crippen LogP contribution in [0, 0.1) is 6.92 Å². The predicted octanol–water partition coefficient (Wildman–Crippen LogP) is 17.1. The first kappa shape index (κ1) is 41.6. The van der Waals surface area contributed by atoms with Crippen LogP contribution in [0.5, 0.6) is 0 Å². The van der Waals surface area contributed by atoms with Crippen molar-refractivity contribution in [2.75, 3.05) is 14.6 Å². The predicted molar refractivity (Wildman–Crippen MR) is 303 cm³/mol. The summed E-state index contributed by atoms with van der Waals surface area (Å²) in [4.78, 5) is 7.51. The fourth-order valence-electron chi connectivity index (χ4n) is 11.5. The molecular weight excluding hydrogens is 874 g/mol. The first-order valence-corrected chi connectivity index (χ1v) is 24.8. The second-order valence-electron chi connectivity index (χ2n) is 18.9. The van der Waals surface area contributed by atoms with Crippen LogP contribution in [0.3, 0.4) is 0 Å². The monoisotopic (exact) mass is 919 g/mol. The Hall–Kier alpha value is -9.32. The van der Waals surface area contributed by atoms with E-state index in [4.69, 9.17) is 4.42 Å². The molecule has 2 aliphatic heterocycles. The van der Waals surface area contributed by atoms with Gasteiger partial charge in [-0.1, -0.05) is 170 Å². The van der Waals surface area contributed by atoms with Crippen LogP contribution in [0.25, 0.3) is 66.4 Å². The summed E-state index contributed by atoms with van der Waals surface area (Å²) < 4.78 is 7.23. The van der Waals surface area contributed by atoms with Crippen molar-refractivity contribution in [3.8, 4) is 44.5 Å². The molecule has 11 aromatic carbocycles. The number of hydrogen-bond acceptors (Lipinski definition) is 4. The zero-order valence-corrected chi connectivity index (χ0v) is 39.7. The van der Waals surface area contributed by atoms with Crippen molar-refractivity contribution in [2.24, 2.45) is 0 Å². The summed E-state index contributed by atoms with van der Waals surface area (Å²) in [6, 6.07) is 94.8. The molecule has 2 aliphatic rings. The van der Waals surface area contributed by atoms with Gasteiger partial charge < -0.3 is 19.0 Å². The molecule has 338 valence electrons. The number of anilines is 8. The maximum atomic E-state index is 7.23. The Bertz CT molecular complexity index is 3970. The van der Waals surface area contributed by atoms with E-state index in [1.54, 1.807) is 0 Å². The third-order valence-electron chi connectivity index (χ3n) is 14.7. The molecule has 0 amide bonds. The summed E-state index contributed by atoms with van der Waals surface area (Å²) in [7, 11) is 0. The maximum absolute atomic E-state index is 7.23. The molecule has 0 fully saturated rings. The van der Waals surface area contributed by atoms with Crippen molar-refractivity contribution >= 4 is 85.2 Å². The van der Waals surface area contributed by atoms with Gasteiger partial charge in [0.05, 0.1) is 5.69 Å². The lowest BCUT2D eigenvalue weighted by Crippen LogP contribution is -2.61. The van der Waals surface area contributed by atoms with Crippen LogP contribution in [0.1, 0.15) is 5.56 Å². The van der Waals surface area contributed by atoms with Gasteiger partial charge in [0, 0.05) is 56.1 Å². The Labute approximate surface area is 420 Å². The van der Waals surface area contributed by atoms with Gasteiger partial charge in [-0.2, -0.15) is 0 Å². The van der Waals surface area contributed by atoms with E-state index in [-0.39, 0.29) is 6.85 Å². The molecule has 0 atom stereocenters. The Morgan fingerprint density at radius 3 is 1.57 bits per heavy atom. The van der Waals surface area contributed by atoms with Gasteiger partial charge in [0.15, 0.2) is 5.58 Å². The van der Waals surface area contributed by atoms with E-state index in [9.17, 15) is 0 Å². The Morgan fingerprint density at radius 1 is 0.389 bits per heavy atom. The van der Waals surface area contributed by atoms with Crippen LogP contribution in [-0.4, -0.2) is 6.85 Å².